The molecule has 1 nitrogen and oxygen atoms in total. The summed E-state index contributed by atoms with van der Waals surface area (Å²) >= 11 is 5.88. The molecule has 1 atom stereocenters. The van der Waals surface area contributed by atoms with Gasteiger partial charge in [-0.25, -0.2) is 0 Å². The molecule has 0 heterocycles. The average molecular weight is 198 g/mol. The van der Waals surface area contributed by atoms with Crippen molar-refractivity contribution >= 4 is 11.6 Å². The van der Waals surface area contributed by atoms with Gasteiger partial charge in [0.15, 0.2) is 0 Å². The standard InChI is InChI=1S/C11H16ClN/c1-4-13-9(3)11-6-5-10(12)7-8(11)2/h5-7,9,13H,4H2,1-3H3. The topological polar surface area (TPSA) is 12.0 Å². The summed E-state index contributed by atoms with van der Waals surface area (Å²) in [5.74, 6) is 0. The summed E-state index contributed by atoms with van der Waals surface area (Å²) in [4.78, 5) is 0. The van der Waals surface area contributed by atoms with E-state index in [2.05, 4.69) is 32.2 Å². The zero-order valence-corrected chi connectivity index (χ0v) is 9.15. The minimum Gasteiger partial charge on any atom is -0.310 e. The van der Waals surface area contributed by atoms with Crippen molar-refractivity contribution in [2.75, 3.05) is 6.54 Å². The molecule has 0 aliphatic heterocycles. The first kappa shape index (κ1) is 10.6. The Bertz CT molecular complexity index is 283. The van der Waals surface area contributed by atoms with E-state index in [1.807, 2.05) is 12.1 Å². The molecule has 0 aromatic heterocycles. The second-order valence-electron chi connectivity index (χ2n) is 3.28. The van der Waals surface area contributed by atoms with E-state index >= 15 is 0 Å². The third-order valence-electron chi connectivity index (χ3n) is 2.21. The molecule has 0 aliphatic rings. The number of halogens is 1. The van der Waals surface area contributed by atoms with Gasteiger partial charge in [-0.05, 0) is 43.7 Å². The maximum absolute atomic E-state index is 5.88. The van der Waals surface area contributed by atoms with Crippen LogP contribution in [0.5, 0.6) is 0 Å². The van der Waals surface area contributed by atoms with Crippen molar-refractivity contribution in [3.05, 3.63) is 34.3 Å². The Kier molecular flexibility index (Phi) is 3.76. The van der Waals surface area contributed by atoms with Crippen LogP contribution in [-0.2, 0) is 0 Å². The highest BCUT2D eigenvalue weighted by molar-refractivity contribution is 6.30. The van der Waals surface area contributed by atoms with Crippen LogP contribution in [0.1, 0.15) is 31.0 Å². The number of hydrogen-bond donors (Lipinski definition) is 1. The second kappa shape index (κ2) is 4.64. The summed E-state index contributed by atoms with van der Waals surface area (Å²) in [7, 11) is 0. The molecule has 1 aromatic carbocycles. The lowest BCUT2D eigenvalue weighted by atomic mass is 10.0. The minimum atomic E-state index is 0.405. The molecular formula is C11H16ClN. The lowest BCUT2D eigenvalue weighted by Gasteiger charge is -2.15. The van der Waals surface area contributed by atoms with Crippen LogP contribution in [0.4, 0.5) is 0 Å². The van der Waals surface area contributed by atoms with Crippen molar-refractivity contribution in [2.45, 2.75) is 26.8 Å². The van der Waals surface area contributed by atoms with Gasteiger partial charge in [-0.3, -0.25) is 0 Å². The fourth-order valence-electron chi connectivity index (χ4n) is 1.54. The van der Waals surface area contributed by atoms with Gasteiger partial charge in [-0.1, -0.05) is 24.6 Å². The lowest BCUT2D eigenvalue weighted by molar-refractivity contribution is 0.595. The Hall–Kier alpha value is -0.530. The Labute approximate surface area is 85.1 Å². The van der Waals surface area contributed by atoms with E-state index in [1.54, 1.807) is 0 Å². The molecule has 0 aliphatic carbocycles. The molecule has 0 bridgehead atoms. The molecule has 1 rings (SSSR count). The van der Waals surface area contributed by atoms with Gasteiger partial charge in [0.25, 0.3) is 0 Å². The van der Waals surface area contributed by atoms with Gasteiger partial charge >= 0.3 is 0 Å². The van der Waals surface area contributed by atoms with Crippen LogP contribution in [0.3, 0.4) is 0 Å². The predicted octanol–water partition coefficient (Wildman–Crippen LogP) is 3.32. The van der Waals surface area contributed by atoms with Gasteiger partial charge in [0.1, 0.15) is 0 Å². The summed E-state index contributed by atoms with van der Waals surface area (Å²) in [5, 5.41) is 4.19. The highest BCUT2D eigenvalue weighted by Crippen LogP contribution is 2.20. The number of benzene rings is 1. The lowest BCUT2D eigenvalue weighted by Crippen LogP contribution is -2.18. The van der Waals surface area contributed by atoms with E-state index in [4.69, 9.17) is 11.6 Å². The van der Waals surface area contributed by atoms with Crippen LogP contribution in [0.25, 0.3) is 0 Å². The first-order valence-electron chi connectivity index (χ1n) is 4.64. The Morgan fingerprint density at radius 3 is 2.69 bits per heavy atom. The van der Waals surface area contributed by atoms with Crippen molar-refractivity contribution in [1.29, 1.82) is 0 Å². The van der Waals surface area contributed by atoms with Crippen LogP contribution >= 0.6 is 11.6 Å². The maximum Gasteiger partial charge on any atom is 0.0408 e. The van der Waals surface area contributed by atoms with Crippen LogP contribution in [0.15, 0.2) is 18.2 Å². The van der Waals surface area contributed by atoms with Crippen molar-refractivity contribution in [1.82, 2.24) is 5.32 Å². The predicted molar refractivity (Wildman–Crippen MR) is 58.3 cm³/mol. The van der Waals surface area contributed by atoms with Crippen LogP contribution in [0.2, 0.25) is 5.02 Å². The summed E-state index contributed by atoms with van der Waals surface area (Å²) < 4.78 is 0. The van der Waals surface area contributed by atoms with E-state index in [-0.39, 0.29) is 0 Å². The quantitative estimate of drug-likeness (QED) is 0.784. The summed E-state index contributed by atoms with van der Waals surface area (Å²) in [5.41, 5.74) is 2.58. The van der Waals surface area contributed by atoms with Gasteiger partial charge in [0.05, 0.1) is 0 Å². The number of nitrogens with one attached hydrogen (secondary N) is 1. The van der Waals surface area contributed by atoms with Gasteiger partial charge in [0.2, 0.25) is 0 Å². The normalized spacial score (nSPS) is 12.9. The van der Waals surface area contributed by atoms with E-state index in [0.717, 1.165) is 11.6 Å². The zero-order valence-electron chi connectivity index (χ0n) is 8.39. The van der Waals surface area contributed by atoms with E-state index in [1.165, 1.54) is 11.1 Å². The molecule has 1 N–H and O–H groups in total. The van der Waals surface area contributed by atoms with E-state index in [0.29, 0.717) is 6.04 Å². The SMILES string of the molecule is CCNC(C)c1ccc(Cl)cc1C. The van der Waals surface area contributed by atoms with Gasteiger partial charge < -0.3 is 5.32 Å². The van der Waals surface area contributed by atoms with Crippen molar-refractivity contribution in [3.8, 4) is 0 Å². The van der Waals surface area contributed by atoms with Gasteiger partial charge in [0, 0.05) is 11.1 Å². The van der Waals surface area contributed by atoms with Gasteiger partial charge in [-0.2, -0.15) is 0 Å². The van der Waals surface area contributed by atoms with Crippen LogP contribution in [0, 0.1) is 6.92 Å². The molecule has 2 heteroatoms. The molecule has 0 fully saturated rings. The van der Waals surface area contributed by atoms with Gasteiger partial charge in [-0.15, -0.1) is 0 Å². The highest BCUT2D eigenvalue weighted by Gasteiger charge is 2.06. The monoisotopic (exact) mass is 197 g/mol. The molecule has 0 saturated carbocycles. The second-order valence-corrected chi connectivity index (χ2v) is 3.72. The molecule has 0 spiro atoms. The van der Waals surface area contributed by atoms with Crippen molar-refractivity contribution in [2.24, 2.45) is 0 Å². The minimum absolute atomic E-state index is 0.405. The van der Waals surface area contributed by atoms with E-state index < -0.39 is 0 Å². The number of rotatable bonds is 3. The van der Waals surface area contributed by atoms with Crippen LogP contribution < -0.4 is 5.32 Å². The maximum atomic E-state index is 5.88. The molecule has 1 aromatic rings. The smallest absolute Gasteiger partial charge is 0.0408 e. The molecule has 0 radical (unpaired) electrons. The first-order chi connectivity index (χ1) is 6.15. The molecular weight excluding hydrogens is 182 g/mol. The number of hydrogen-bond acceptors (Lipinski definition) is 1. The molecule has 0 amide bonds. The summed E-state index contributed by atoms with van der Waals surface area (Å²) in [6, 6.07) is 6.44. The number of aryl methyl sites for hydroxylation is 1. The third kappa shape index (κ3) is 2.71. The largest absolute Gasteiger partial charge is 0.310 e. The van der Waals surface area contributed by atoms with Crippen LogP contribution in [-0.4, -0.2) is 6.54 Å². The summed E-state index contributed by atoms with van der Waals surface area (Å²) in [6.07, 6.45) is 0. The summed E-state index contributed by atoms with van der Waals surface area (Å²) in [6.45, 7) is 7.36. The molecule has 72 valence electrons. The third-order valence-corrected chi connectivity index (χ3v) is 2.44. The fourth-order valence-corrected chi connectivity index (χ4v) is 1.77. The first-order valence-corrected chi connectivity index (χ1v) is 5.02. The van der Waals surface area contributed by atoms with E-state index in [9.17, 15) is 0 Å². The highest BCUT2D eigenvalue weighted by atomic mass is 35.5. The Morgan fingerprint density at radius 2 is 2.15 bits per heavy atom. The Morgan fingerprint density at radius 1 is 1.46 bits per heavy atom. The molecule has 13 heavy (non-hydrogen) atoms. The van der Waals surface area contributed by atoms with Crippen molar-refractivity contribution in [3.63, 3.8) is 0 Å². The zero-order chi connectivity index (χ0) is 9.84. The van der Waals surface area contributed by atoms with Crippen molar-refractivity contribution < 1.29 is 0 Å². The molecule has 0 saturated heterocycles. The Balaban J connectivity index is 2.88. The average Bonchev–Trinajstić information content (AvgIpc) is 2.04. The fraction of sp³-hybridized carbons (Fsp3) is 0.455. The molecule has 1 unspecified atom stereocenters.